The lowest BCUT2D eigenvalue weighted by molar-refractivity contribution is 0.187. The van der Waals surface area contributed by atoms with E-state index in [0.717, 1.165) is 30.1 Å². The molecule has 162 valence electrons. The SMILES string of the molecule is C=N.C=N.CCC.CCCC1CCN(c2ccnc3c(OCF)nccc23)CC1. The van der Waals surface area contributed by atoms with Gasteiger partial charge in [-0.25, -0.2) is 9.37 Å². The Hall–Kier alpha value is -2.57. The minimum atomic E-state index is -0.888. The predicted molar refractivity (Wildman–Crippen MR) is 122 cm³/mol. The van der Waals surface area contributed by atoms with Gasteiger partial charge >= 0.3 is 0 Å². The topological polar surface area (TPSA) is 86.0 Å². The van der Waals surface area contributed by atoms with E-state index >= 15 is 0 Å². The normalized spacial score (nSPS) is 13.2. The zero-order valence-corrected chi connectivity index (χ0v) is 18.1. The number of hydrogen-bond acceptors (Lipinski definition) is 6. The third kappa shape index (κ3) is 8.13. The van der Waals surface area contributed by atoms with Crippen LogP contribution in [0.3, 0.4) is 0 Å². The van der Waals surface area contributed by atoms with Gasteiger partial charge in [0.1, 0.15) is 5.52 Å². The molecular weight excluding hydrogens is 369 g/mol. The van der Waals surface area contributed by atoms with E-state index in [1.165, 1.54) is 32.1 Å². The molecule has 1 saturated heterocycles. The summed E-state index contributed by atoms with van der Waals surface area (Å²) in [5.74, 6) is 1.11. The van der Waals surface area contributed by atoms with E-state index in [1.54, 1.807) is 12.4 Å². The van der Waals surface area contributed by atoms with Crippen LogP contribution < -0.4 is 9.64 Å². The summed E-state index contributed by atoms with van der Waals surface area (Å²) in [6, 6.07) is 3.96. The number of alkyl halides is 1. The highest BCUT2D eigenvalue weighted by atomic mass is 19.1. The van der Waals surface area contributed by atoms with Crippen LogP contribution in [0.15, 0.2) is 24.5 Å². The van der Waals surface area contributed by atoms with Gasteiger partial charge in [-0.15, -0.1) is 0 Å². The maximum Gasteiger partial charge on any atom is 0.242 e. The molecule has 0 saturated carbocycles. The molecule has 7 heteroatoms. The number of nitrogens with one attached hydrogen (secondary N) is 2. The number of halogens is 1. The number of nitrogens with zero attached hydrogens (tertiary/aromatic N) is 3. The van der Waals surface area contributed by atoms with Gasteiger partial charge in [-0.05, 0) is 44.3 Å². The molecule has 0 unspecified atom stereocenters. The van der Waals surface area contributed by atoms with Gasteiger partial charge in [0.05, 0.1) is 0 Å². The Balaban J connectivity index is 0.00000100. The van der Waals surface area contributed by atoms with Crippen molar-refractivity contribution in [1.82, 2.24) is 9.97 Å². The summed E-state index contributed by atoms with van der Waals surface area (Å²) in [7, 11) is 0. The molecule has 3 rings (SSSR count). The lowest BCUT2D eigenvalue weighted by Gasteiger charge is -2.34. The predicted octanol–water partition coefficient (Wildman–Crippen LogP) is 5.90. The van der Waals surface area contributed by atoms with Crippen LogP contribution in [0.4, 0.5) is 10.1 Å². The average Bonchev–Trinajstić information content (AvgIpc) is 2.78. The van der Waals surface area contributed by atoms with E-state index in [0.29, 0.717) is 5.52 Å². The second kappa shape index (κ2) is 16.4. The quantitative estimate of drug-likeness (QED) is 0.606. The number of aromatic nitrogens is 2. The fourth-order valence-electron chi connectivity index (χ4n) is 3.34. The van der Waals surface area contributed by atoms with Crippen molar-refractivity contribution in [3.8, 4) is 5.88 Å². The first kappa shape index (κ1) is 26.4. The van der Waals surface area contributed by atoms with E-state index in [9.17, 15) is 4.39 Å². The van der Waals surface area contributed by atoms with E-state index in [4.69, 9.17) is 15.6 Å². The molecule has 0 aliphatic carbocycles. The standard InChI is InChI=1S/C17H22FN3O.C3H8.2CH3N/c1-2-3-13-6-10-21(11-7-13)15-5-9-19-16-14(15)4-8-20-17(16)22-12-18;1-3-2;2*1-2/h4-5,8-9,13H,2-3,6-7,10-12H2,1H3;3H2,1-2H3;2*2H,1H2. The fraction of sp³-hybridized carbons (Fsp3) is 0.545. The van der Waals surface area contributed by atoms with Crippen LogP contribution in [0.2, 0.25) is 0 Å². The first-order valence-corrected chi connectivity index (χ1v) is 10.1. The molecule has 0 bridgehead atoms. The summed E-state index contributed by atoms with van der Waals surface area (Å²) < 4.78 is 17.4. The molecule has 1 aliphatic rings. The molecule has 1 aliphatic heterocycles. The number of piperidine rings is 1. The molecule has 0 atom stereocenters. The van der Waals surface area contributed by atoms with Crippen LogP contribution in [-0.2, 0) is 0 Å². The zero-order chi connectivity index (χ0) is 22.1. The molecule has 0 radical (unpaired) electrons. The molecule has 2 aromatic rings. The second-order valence-electron chi connectivity index (χ2n) is 6.52. The van der Waals surface area contributed by atoms with Gasteiger partial charge < -0.3 is 20.5 Å². The summed E-state index contributed by atoms with van der Waals surface area (Å²) in [6.45, 7) is 12.7. The van der Waals surface area contributed by atoms with Crippen molar-refractivity contribution in [3.63, 3.8) is 0 Å². The molecule has 0 amide bonds. The van der Waals surface area contributed by atoms with E-state index in [2.05, 4.69) is 49.1 Å². The van der Waals surface area contributed by atoms with Crippen LogP contribution in [-0.4, -0.2) is 43.4 Å². The first-order chi connectivity index (χ1) is 14.2. The highest BCUT2D eigenvalue weighted by molar-refractivity contribution is 5.94. The smallest absolute Gasteiger partial charge is 0.242 e. The molecule has 3 heterocycles. The van der Waals surface area contributed by atoms with E-state index < -0.39 is 6.86 Å². The minimum absolute atomic E-state index is 0.266. The summed E-state index contributed by atoms with van der Waals surface area (Å²) >= 11 is 0. The number of anilines is 1. The van der Waals surface area contributed by atoms with Crippen molar-refractivity contribution in [2.24, 2.45) is 5.92 Å². The van der Waals surface area contributed by atoms with E-state index in [-0.39, 0.29) is 5.88 Å². The van der Waals surface area contributed by atoms with Crippen molar-refractivity contribution in [2.45, 2.75) is 52.9 Å². The van der Waals surface area contributed by atoms with Gasteiger partial charge in [-0.3, -0.25) is 4.98 Å². The molecule has 6 nitrogen and oxygen atoms in total. The summed E-state index contributed by atoms with van der Waals surface area (Å²) in [4.78, 5) is 10.8. The molecule has 2 aromatic heterocycles. The van der Waals surface area contributed by atoms with Gasteiger partial charge in [0.15, 0.2) is 0 Å². The van der Waals surface area contributed by atoms with Crippen LogP contribution >= 0.6 is 0 Å². The Morgan fingerprint density at radius 1 is 1.07 bits per heavy atom. The Kier molecular flexibility index (Phi) is 14.9. The monoisotopic (exact) mass is 405 g/mol. The average molecular weight is 406 g/mol. The van der Waals surface area contributed by atoms with Crippen LogP contribution in [0.25, 0.3) is 10.9 Å². The van der Waals surface area contributed by atoms with Gasteiger partial charge in [-0.2, -0.15) is 0 Å². The zero-order valence-electron chi connectivity index (χ0n) is 18.1. The van der Waals surface area contributed by atoms with Crippen molar-refractivity contribution in [1.29, 1.82) is 10.8 Å². The summed E-state index contributed by atoms with van der Waals surface area (Å²) in [6.07, 6.45) is 9.71. The number of rotatable bonds is 5. The number of pyridine rings is 2. The molecule has 0 spiro atoms. The fourth-order valence-corrected chi connectivity index (χ4v) is 3.34. The Morgan fingerprint density at radius 3 is 2.21 bits per heavy atom. The molecule has 0 aromatic carbocycles. The second-order valence-corrected chi connectivity index (χ2v) is 6.52. The number of ether oxygens (including phenoxy) is 1. The summed E-state index contributed by atoms with van der Waals surface area (Å²) in [5.41, 5.74) is 1.78. The van der Waals surface area contributed by atoms with Crippen LogP contribution in [0, 0.1) is 16.7 Å². The largest absolute Gasteiger partial charge is 0.444 e. The molecular formula is C22H36FN5O. The molecule has 2 N–H and O–H groups in total. The van der Waals surface area contributed by atoms with Crippen LogP contribution in [0.5, 0.6) is 5.88 Å². The van der Waals surface area contributed by atoms with Crippen LogP contribution in [0.1, 0.15) is 52.9 Å². The maximum atomic E-state index is 12.5. The number of fused-ring (bicyclic) bond motifs is 1. The van der Waals surface area contributed by atoms with Gasteiger partial charge in [-0.1, -0.05) is 40.0 Å². The lowest BCUT2D eigenvalue weighted by Crippen LogP contribution is -2.33. The van der Waals surface area contributed by atoms with E-state index in [1.807, 2.05) is 12.1 Å². The third-order valence-electron chi connectivity index (χ3n) is 4.45. The lowest BCUT2D eigenvalue weighted by atomic mass is 9.92. The van der Waals surface area contributed by atoms with Gasteiger partial charge in [0.25, 0.3) is 0 Å². The Labute approximate surface area is 174 Å². The van der Waals surface area contributed by atoms with Crippen molar-refractivity contribution >= 4 is 30.0 Å². The Morgan fingerprint density at radius 2 is 1.66 bits per heavy atom. The Bertz CT molecular complexity index is 675. The number of hydrogen-bond donors (Lipinski definition) is 2. The minimum Gasteiger partial charge on any atom is -0.444 e. The van der Waals surface area contributed by atoms with Gasteiger partial charge in [0.2, 0.25) is 12.7 Å². The highest BCUT2D eigenvalue weighted by Crippen LogP contribution is 2.32. The molecule has 29 heavy (non-hydrogen) atoms. The third-order valence-corrected chi connectivity index (χ3v) is 4.45. The van der Waals surface area contributed by atoms with Gasteiger partial charge in [0, 0.05) is 36.6 Å². The van der Waals surface area contributed by atoms with Crippen molar-refractivity contribution in [2.75, 3.05) is 24.9 Å². The molecule has 1 fully saturated rings. The maximum absolute atomic E-state index is 12.5. The van der Waals surface area contributed by atoms with Crippen molar-refractivity contribution < 1.29 is 9.13 Å². The van der Waals surface area contributed by atoms with Crippen molar-refractivity contribution in [3.05, 3.63) is 24.5 Å². The summed E-state index contributed by atoms with van der Waals surface area (Å²) in [5, 5.41) is 12.0. The highest BCUT2D eigenvalue weighted by Gasteiger charge is 2.21. The first-order valence-electron chi connectivity index (χ1n) is 10.1.